The Morgan fingerprint density at radius 1 is 1.41 bits per heavy atom. The zero-order valence-electron chi connectivity index (χ0n) is 9.21. The SMILES string of the molecule is CCOC(=O)Nc1nsc(-c2ccccc2)n1. The minimum atomic E-state index is -0.537. The number of rotatable bonds is 3. The fraction of sp³-hybridized carbons (Fsp3) is 0.182. The van der Waals surface area contributed by atoms with E-state index in [2.05, 4.69) is 14.7 Å². The Morgan fingerprint density at radius 3 is 2.88 bits per heavy atom. The molecule has 88 valence electrons. The maximum Gasteiger partial charge on any atom is 0.414 e. The highest BCUT2D eigenvalue weighted by molar-refractivity contribution is 7.09. The van der Waals surface area contributed by atoms with Gasteiger partial charge in [-0.3, -0.25) is 5.32 Å². The quantitative estimate of drug-likeness (QED) is 0.908. The van der Waals surface area contributed by atoms with E-state index >= 15 is 0 Å². The maximum absolute atomic E-state index is 11.1. The van der Waals surface area contributed by atoms with Gasteiger partial charge in [-0.15, -0.1) is 0 Å². The van der Waals surface area contributed by atoms with Gasteiger partial charge in [0.05, 0.1) is 6.61 Å². The standard InChI is InChI=1S/C11H11N3O2S/c1-2-16-11(15)13-10-12-9(17-14-10)8-6-4-3-5-7-8/h3-7H,2H2,1H3,(H,13,14,15). The molecule has 1 heterocycles. The number of ether oxygens (including phenoxy) is 1. The van der Waals surface area contributed by atoms with Gasteiger partial charge in [-0.05, 0) is 18.5 Å². The van der Waals surface area contributed by atoms with Crippen LogP contribution in [0.5, 0.6) is 0 Å². The maximum atomic E-state index is 11.1. The molecule has 1 aromatic carbocycles. The van der Waals surface area contributed by atoms with Crippen LogP contribution in [0.1, 0.15) is 6.92 Å². The molecule has 0 fully saturated rings. The summed E-state index contributed by atoms with van der Waals surface area (Å²) in [5.74, 6) is 0.271. The van der Waals surface area contributed by atoms with Crippen molar-refractivity contribution in [1.29, 1.82) is 0 Å². The number of nitrogens with one attached hydrogen (secondary N) is 1. The lowest BCUT2D eigenvalue weighted by Crippen LogP contribution is -2.14. The van der Waals surface area contributed by atoms with E-state index in [4.69, 9.17) is 4.74 Å². The van der Waals surface area contributed by atoms with Gasteiger partial charge in [-0.25, -0.2) is 4.79 Å². The van der Waals surface area contributed by atoms with Crippen molar-refractivity contribution in [2.45, 2.75) is 6.92 Å². The third-order valence-electron chi connectivity index (χ3n) is 1.94. The molecule has 0 saturated carbocycles. The molecule has 0 unspecified atom stereocenters. The van der Waals surface area contributed by atoms with Crippen molar-refractivity contribution < 1.29 is 9.53 Å². The van der Waals surface area contributed by atoms with Crippen LogP contribution in [0, 0.1) is 0 Å². The molecule has 0 spiro atoms. The van der Waals surface area contributed by atoms with Crippen LogP contribution in [0.3, 0.4) is 0 Å². The number of nitrogens with zero attached hydrogens (tertiary/aromatic N) is 2. The Bertz CT molecular complexity index is 498. The lowest BCUT2D eigenvalue weighted by molar-refractivity contribution is 0.167. The van der Waals surface area contributed by atoms with Gasteiger partial charge in [-0.1, -0.05) is 30.3 Å². The second-order valence-corrected chi connectivity index (χ2v) is 3.89. The van der Waals surface area contributed by atoms with E-state index in [0.717, 1.165) is 10.6 Å². The van der Waals surface area contributed by atoms with Gasteiger partial charge in [0, 0.05) is 5.56 Å². The summed E-state index contributed by atoms with van der Waals surface area (Å²) in [6.45, 7) is 2.06. The van der Waals surface area contributed by atoms with Crippen LogP contribution in [0.25, 0.3) is 10.6 Å². The monoisotopic (exact) mass is 249 g/mol. The van der Waals surface area contributed by atoms with Crippen LogP contribution in [-0.4, -0.2) is 22.1 Å². The van der Waals surface area contributed by atoms with Gasteiger partial charge in [-0.2, -0.15) is 9.36 Å². The second-order valence-electron chi connectivity index (χ2n) is 3.13. The number of hydrogen-bond donors (Lipinski definition) is 1. The second kappa shape index (κ2) is 5.40. The Balaban J connectivity index is 2.09. The Kier molecular flexibility index (Phi) is 3.66. The van der Waals surface area contributed by atoms with E-state index in [1.807, 2.05) is 30.3 Å². The van der Waals surface area contributed by atoms with E-state index < -0.39 is 6.09 Å². The van der Waals surface area contributed by atoms with Crippen molar-refractivity contribution in [2.75, 3.05) is 11.9 Å². The molecule has 0 saturated heterocycles. The summed E-state index contributed by atoms with van der Waals surface area (Å²) < 4.78 is 8.77. The highest BCUT2D eigenvalue weighted by Gasteiger charge is 2.09. The van der Waals surface area contributed by atoms with Crippen LogP contribution < -0.4 is 5.32 Å². The van der Waals surface area contributed by atoms with Crippen molar-refractivity contribution in [3.8, 4) is 10.6 Å². The number of hydrogen-bond acceptors (Lipinski definition) is 5. The molecule has 0 atom stereocenters. The summed E-state index contributed by atoms with van der Waals surface area (Å²) >= 11 is 1.23. The third-order valence-corrected chi connectivity index (χ3v) is 2.70. The first-order chi connectivity index (χ1) is 8.29. The summed E-state index contributed by atoms with van der Waals surface area (Å²) in [7, 11) is 0. The van der Waals surface area contributed by atoms with Crippen LogP contribution in [0.2, 0.25) is 0 Å². The van der Waals surface area contributed by atoms with Crippen molar-refractivity contribution in [1.82, 2.24) is 9.36 Å². The molecule has 17 heavy (non-hydrogen) atoms. The first-order valence-corrected chi connectivity index (χ1v) is 5.90. The van der Waals surface area contributed by atoms with Crippen molar-refractivity contribution in [3.63, 3.8) is 0 Å². The molecule has 2 rings (SSSR count). The first-order valence-electron chi connectivity index (χ1n) is 5.12. The fourth-order valence-corrected chi connectivity index (χ4v) is 1.86. The predicted molar refractivity (Wildman–Crippen MR) is 66.0 cm³/mol. The zero-order valence-corrected chi connectivity index (χ0v) is 10.0. The average molecular weight is 249 g/mol. The van der Waals surface area contributed by atoms with Gasteiger partial charge >= 0.3 is 6.09 Å². The summed E-state index contributed by atoms with van der Waals surface area (Å²) in [5, 5.41) is 3.22. The highest BCUT2D eigenvalue weighted by Crippen LogP contribution is 2.22. The van der Waals surface area contributed by atoms with Gasteiger partial charge in [0.25, 0.3) is 0 Å². The van der Waals surface area contributed by atoms with E-state index in [1.165, 1.54) is 11.5 Å². The largest absolute Gasteiger partial charge is 0.450 e. The van der Waals surface area contributed by atoms with E-state index in [0.29, 0.717) is 6.61 Å². The van der Waals surface area contributed by atoms with Crippen molar-refractivity contribution in [3.05, 3.63) is 30.3 Å². The van der Waals surface area contributed by atoms with Crippen LogP contribution in [-0.2, 0) is 4.74 Å². The summed E-state index contributed by atoms with van der Waals surface area (Å²) in [5.41, 5.74) is 0.974. The molecule has 0 aliphatic rings. The lowest BCUT2D eigenvalue weighted by Gasteiger charge is -1.99. The summed E-state index contributed by atoms with van der Waals surface area (Å²) in [6.07, 6.45) is -0.537. The molecule has 1 N–H and O–H groups in total. The number of carbonyl (C=O) groups excluding carboxylic acids is 1. The van der Waals surface area contributed by atoms with Crippen molar-refractivity contribution >= 4 is 23.6 Å². The topological polar surface area (TPSA) is 64.1 Å². The number of carbonyl (C=O) groups is 1. The fourth-order valence-electron chi connectivity index (χ4n) is 1.23. The van der Waals surface area contributed by atoms with E-state index in [-0.39, 0.29) is 5.95 Å². The molecule has 6 heteroatoms. The predicted octanol–water partition coefficient (Wildman–Crippen LogP) is 2.77. The van der Waals surface area contributed by atoms with Gasteiger partial charge in [0.15, 0.2) is 0 Å². The minimum absolute atomic E-state index is 0.271. The highest BCUT2D eigenvalue weighted by atomic mass is 32.1. The molecular formula is C11H11N3O2S. The van der Waals surface area contributed by atoms with Gasteiger partial charge < -0.3 is 4.74 Å². The van der Waals surface area contributed by atoms with Crippen LogP contribution >= 0.6 is 11.5 Å². The number of anilines is 1. The number of aromatic nitrogens is 2. The molecule has 1 aromatic heterocycles. The third kappa shape index (κ3) is 3.01. The Labute approximate surface area is 103 Å². The van der Waals surface area contributed by atoms with Gasteiger partial charge in [0.2, 0.25) is 5.95 Å². The average Bonchev–Trinajstić information content (AvgIpc) is 2.79. The number of benzene rings is 1. The zero-order chi connectivity index (χ0) is 12.1. The Morgan fingerprint density at radius 2 is 2.18 bits per heavy atom. The Hall–Kier alpha value is -1.95. The molecule has 0 aliphatic carbocycles. The van der Waals surface area contributed by atoms with Crippen LogP contribution in [0.4, 0.5) is 10.7 Å². The normalized spacial score (nSPS) is 9.94. The molecular weight excluding hydrogens is 238 g/mol. The molecule has 0 bridgehead atoms. The molecule has 0 radical (unpaired) electrons. The minimum Gasteiger partial charge on any atom is -0.450 e. The molecule has 2 aromatic rings. The molecule has 5 nitrogen and oxygen atoms in total. The molecule has 1 amide bonds. The smallest absolute Gasteiger partial charge is 0.414 e. The number of amides is 1. The van der Waals surface area contributed by atoms with Crippen molar-refractivity contribution in [2.24, 2.45) is 0 Å². The van der Waals surface area contributed by atoms with Gasteiger partial charge in [0.1, 0.15) is 5.01 Å². The van der Waals surface area contributed by atoms with E-state index in [9.17, 15) is 4.79 Å². The molecule has 0 aliphatic heterocycles. The summed E-state index contributed by atoms with van der Waals surface area (Å²) in [6, 6.07) is 9.66. The lowest BCUT2D eigenvalue weighted by atomic mass is 10.2. The van der Waals surface area contributed by atoms with E-state index in [1.54, 1.807) is 6.92 Å². The summed E-state index contributed by atoms with van der Waals surface area (Å²) in [4.78, 5) is 15.3. The first kappa shape index (κ1) is 11.5. The van der Waals surface area contributed by atoms with Crippen LogP contribution in [0.15, 0.2) is 30.3 Å².